The van der Waals surface area contributed by atoms with Crippen molar-refractivity contribution >= 4 is 0 Å². The van der Waals surface area contributed by atoms with E-state index >= 15 is 0 Å². The van der Waals surface area contributed by atoms with Crippen molar-refractivity contribution in [1.29, 1.82) is 0 Å². The summed E-state index contributed by atoms with van der Waals surface area (Å²) < 4.78 is 0. The normalized spacial score (nSPS) is 30.7. The highest BCUT2D eigenvalue weighted by Crippen LogP contribution is 2.37. The second-order valence-electron chi connectivity index (χ2n) is 7.49. The third-order valence-electron chi connectivity index (χ3n) is 4.81. The van der Waals surface area contributed by atoms with Gasteiger partial charge in [-0.2, -0.15) is 0 Å². The SMILES string of the molecule is CCC(CC1CC1)N1CC(C)(C)NCC1C(C)C. The molecular weight excluding hydrogens is 220 g/mol. The molecule has 0 bridgehead atoms. The molecule has 0 aromatic carbocycles. The van der Waals surface area contributed by atoms with E-state index in [4.69, 9.17) is 0 Å². The van der Waals surface area contributed by atoms with Crippen LogP contribution in [0.4, 0.5) is 0 Å². The highest BCUT2D eigenvalue weighted by Gasteiger charge is 2.38. The van der Waals surface area contributed by atoms with E-state index in [2.05, 4.69) is 44.8 Å². The molecule has 0 spiro atoms. The zero-order chi connectivity index (χ0) is 13.3. The molecule has 0 aromatic heterocycles. The molecule has 0 amide bonds. The van der Waals surface area contributed by atoms with Gasteiger partial charge in [-0.3, -0.25) is 4.90 Å². The third kappa shape index (κ3) is 3.48. The van der Waals surface area contributed by atoms with E-state index in [0.717, 1.165) is 30.5 Å². The lowest BCUT2D eigenvalue weighted by atomic mass is 9.89. The second kappa shape index (κ2) is 5.50. The fraction of sp³-hybridized carbons (Fsp3) is 1.00. The number of piperazine rings is 1. The van der Waals surface area contributed by atoms with Gasteiger partial charge in [0.1, 0.15) is 0 Å². The molecule has 2 heteroatoms. The monoisotopic (exact) mass is 252 g/mol. The molecule has 2 nitrogen and oxygen atoms in total. The predicted molar refractivity (Wildman–Crippen MR) is 78.8 cm³/mol. The zero-order valence-electron chi connectivity index (χ0n) is 13.0. The number of rotatable bonds is 5. The molecule has 2 rings (SSSR count). The smallest absolute Gasteiger partial charge is 0.0253 e. The summed E-state index contributed by atoms with van der Waals surface area (Å²) in [6.07, 6.45) is 5.72. The van der Waals surface area contributed by atoms with Gasteiger partial charge in [0.15, 0.2) is 0 Å². The molecule has 2 fully saturated rings. The van der Waals surface area contributed by atoms with Gasteiger partial charge in [0.25, 0.3) is 0 Å². The van der Waals surface area contributed by atoms with Crippen LogP contribution in [0.5, 0.6) is 0 Å². The summed E-state index contributed by atoms with van der Waals surface area (Å²) in [6.45, 7) is 14.2. The van der Waals surface area contributed by atoms with Crippen LogP contribution in [0.2, 0.25) is 0 Å². The molecule has 18 heavy (non-hydrogen) atoms. The van der Waals surface area contributed by atoms with Gasteiger partial charge in [-0.1, -0.05) is 33.6 Å². The summed E-state index contributed by atoms with van der Waals surface area (Å²) in [7, 11) is 0. The molecule has 1 aliphatic carbocycles. The highest BCUT2D eigenvalue weighted by molar-refractivity contribution is 4.96. The van der Waals surface area contributed by atoms with E-state index in [1.165, 1.54) is 32.2 Å². The molecule has 2 atom stereocenters. The summed E-state index contributed by atoms with van der Waals surface area (Å²) >= 11 is 0. The Balaban J connectivity index is 2.06. The van der Waals surface area contributed by atoms with E-state index in [1.807, 2.05) is 0 Å². The van der Waals surface area contributed by atoms with Crippen LogP contribution in [0.1, 0.15) is 60.3 Å². The van der Waals surface area contributed by atoms with E-state index in [-0.39, 0.29) is 5.54 Å². The quantitative estimate of drug-likeness (QED) is 0.808. The molecule has 1 saturated heterocycles. The zero-order valence-corrected chi connectivity index (χ0v) is 13.0. The third-order valence-corrected chi connectivity index (χ3v) is 4.81. The van der Waals surface area contributed by atoms with Gasteiger partial charge in [0.2, 0.25) is 0 Å². The Morgan fingerprint density at radius 3 is 2.44 bits per heavy atom. The molecule has 1 heterocycles. The van der Waals surface area contributed by atoms with Crippen LogP contribution >= 0.6 is 0 Å². The first-order valence-electron chi connectivity index (χ1n) is 7.93. The lowest BCUT2D eigenvalue weighted by molar-refractivity contribution is 0.0249. The molecule has 1 N–H and O–H groups in total. The van der Waals surface area contributed by atoms with E-state index in [0.29, 0.717) is 0 Å². The van der Waals surface area contributed by atoms with Crippen LogP contribution in [0.25, 0.3) is 0 Å². The average molecular weight is 252 g/mol. The van der Waals surface area contributed by atoms with Crippen LogP contribution in [0, 0.1) is 11.8 Å². The first-order chi connectivity index (χ1) is 8.43. The summed E-state index contributed by atoms with van der Waals surface area (Å²) in [5.41, 5.74) is 0.280. The first-order valence-corrected chi connectivity index (χ1v) is 7.93. The fourth-order valence-corrected chi connectivity index (χ4v) is 3.42. The molecule has 0 radical (unpaired) electrons. The Kier molecular flexibility index (Phi) is 4.38. The van der Waals surface area contributed by atoms with Crippen molar-refractivity contribution in [3.63, 3.8) is 0 Å². The van der Waals surface area contributed by atoms with Gasteiger partial charge in [0.05, 0.1) is 0 Å². The van der Waals surface area contributed by atoms with Crippen molar-refractivity contribution in [3.8, 4) is 0 Å². The Bertz CT molecular complexity index is 268. The van der Waals surface area contributed by atoms with Gasteiger partial charge >= 0.3 is 0 Å². The van der Waals surface area contributed by atoms with Crippen molar-refractivity contribution < 1.29 is 0 Å². The van der Waals surface area contributed by atoms with E-state index in [9.17, 15) is 0 Å². The van der Waals surface area contributed by atoms with E-state index in [1.54, 1.807) is 0 Å². The Morgan fingerprint density at radius 2 is 1.94 bits per heavy atom. The maximum absolute atomic E-state index is 3.73. The van der Waals surface area contributed by atoms with Crippen LogP contribution < -0.4 is 5.32 Å². The summed E-state index contributed by atoms with van der Waals surface area (Å²) in [6, 6.07) is 1.54. The lowest BCUT2D eigenvalue weighted by Gasteiger charge is -2.49. The fourth-order valence-electron chi connectivity index (χ4n) is 3.42. The van der Waals surface area contributed by atoms with Gasteiger partial charge < -0.3 is 5.32 Å². The Hall–Kier alpha value is -0.0800. The van der Waals surface area contributed by atoms with Crippen LogP contribution in [-0.4, -0.2) is 35.6 Å². The van der Waals surface area contributed by atoms with E-state index < -0.39 is 0 Å². The van der Waals surface area contributed by atoms with Crippen molar-refractivity contribution in [2.75, 3.05) is 13.1 Å². The van der Waals surface area contributed by atoms with Crippen molar-refractivity contribution in [2.45, 2.75) is 77.9 Å². The maximum atomic E-state index is 3.73. The summed E-state index contributed by atoms with van der Waals surface area (Å²) in [5.74, 6) is 1.79. The number of hydrogen-bond donors (Lipinski definition) is 1. The van der Waals surface area contributed by atoms with Crippen molar-refractivity contribution in [2.24, 2.45) is 11.8 Å². The number of hydrogen-bond acceptors (Lipinski definition) is 2. The number of nitrogens with zero attached hydrogens (tertiary/aromatic N) is 1. The maximum Gasteiger partial charge on any atom is 0.0253 e. The molecular formula is C16H32N2. The minimum Gasteiger partial charge on any atom is -0.309 e. The van der Waals surface area contributed by atoms with Gasteiger partial charge in [-0.15, -0.1) is 0 Å². The summed E-state index contributed by atoms with van der Waals surface area (Å²) in [5, 5.41) is 3.73. The second-order valence-corrected chi connectivity index (χ2v) is 7.49. The molecule has 2 unspecified atom stereocenters. The largest absolute Gasteiger partial charge is 0.309 e. The van der Waals surface area contributed by atoms with Gasteiger partial charge in [-0.25, -0.2) is 0 Å². The Morgan fingerprint density at radius 1 is 1.28 bits per heavy atom. The predicted octanol–water partition coefficient (Wildman–Crippen LogP) is 3.27. The van der Waals surface area contributed by atoms with Crippen molar-refractivity contribution in [3.05, 3.63) is 0 Å². The number of nitrogens with one attached hydrogen (secondary N) is 1. The van der Waals surface area contributed by atoms with Crippen LogP contribution in [0.15, 0.2) is 0 Å². The topological polar surface area (TPSA) is 15.3 Å². The standard InChI is InChI=1S/C16H32N2/c1-6-14(9-13-7-8-13)18-11-16(4,5)17-10-15(18)12(2)3/h12-15,17H,6-11H2,1-5H3. The molecule has 1 saturated carbocycles. The van der Waals surface area contributed by atoms with Gasteiger partial charge in [0, 0.05) is 30.7 Å². The molecule has 1 aliphatic heterocycles. The minimum absolute atomic E-state index is 0.280. The van der Waals surface area contributed by atoms with Crippen LogP contribution in [0.3, 0.4) is 0 Å². The first kappa shape index (κ1) is 14.3. The molecule has 2 aliphatic rings. The van der Waals surface area contributed by atoms with Crippen LogP contribution in [-0.2, 0) is 0 Å². The summed E-state index contributed by atoms with van der Waals surface area (Å²) in [4.78, 5) is 2.83. The molecule has 106 valence electrons. The Labute approximate surface area is 114 Å². The van der Waals surface area contributed by atoms with Crippen molar-refractivity contribution in [1.82, 2.24) is 10.2 Å². The highest BCUT2D eigenvalue weighted by atomic mass is 15.3. The minimum atomic E-state index is 0.280. The molecule has 0 aromatic rings. The average Bonchev–Trinajstić information content (AvgIpc) is 3.07. The van der Waals surface area contributed by atoms with Gasteiger partial charge in [-0.05, 0) is 38.5 Å². The lowest BCUT2D eigenvalue weighted by Crippen LogP contribution is -2.65.